The average molecular weight is 252 g/mol. The van der Waals surface area contributed by atoms with Crippen molar-refractivity contribution in [1.29, 1.82) is 0 Å². The van der Waals surface area contributed by atoms with Gasteiger partial charge in [0, 0.05) is 7.05 Å². The average Bonchev–Trinajstić information content (AvgIpc) is 2.44. The smallest absolute Gasteiger partial charge is 0.208 e. The van der Waals surface area contributed by atoms with Gasteiger partial charge in [-0.25, -0.2) is 0 Å². The highest BCUT2D eigenvalue weighted by molar-refractivity contribution is 7.16. The van der Waals surface area contributed by atoms with Gasteiger partial charge in [-0.3, -0.25) is 0 Å². The lowest BCUT2D eigenvalue weighted by Gasteiger charge is -1.91. The van der Waals surface area contributed by atoms with Crippen LogP contribution in [0.5, 0.6) is 0 Å². The Bertz CT molecular complexity index is 475. The van der Waals surface area contributed by atoms with Crippen LogP contribution in [0.4, 0.5) is 0 Å². The molecular weight excluding hydrogens is 241 g/mol. The monoisotopic (exact) mass is 251 g/mol. The minimum absolute atomic E-state index is 0. The molecule has 78 valence electrons. The van der Waals surface area contributed by atoms with Crippen LogP contribution >= 0.6 is 36.2 Å². The third-order valence-corrected chi connectivity index (χ3v) is 2.95. The number of hydrogen-bond acceptors (Lipinski definition) is 3. The van der Waals surface area contributed by atoms with Crippen LogP contribution < -0.4 is 10.6 Å². The molecule has 0 aliphatic heterocycles. The number of hydrogen-bond donors (Lipinski definition) is 1. The molecule has 2 rings (SSSR count). The van der Waals surface area contributed by atoms with E-state index in [1.54, 1.807) is 11.3 Å². The number of nitrogens with zero attached hydrogens (tertiary/aromatic N) is 2. The van der Waals surface area contributed by atoms with Crippen LogP contribution in [0.3, 0.4) is 0 Å². The second kappa shape index (κ2) is 5.24. The Hall–Kier alpha value is -0.710. The van der Waals surface area contributed by atoms with Gasteiger partial charge in [0.15, 0.2) is 0 Å². The normalized spacial score (nSPS) is 10.8. The van der Waals surface area contributed by atoms with Gasteiger partial charge in [-0.15, -0.1) is 24.8 Å². The summed E-state index contributed by atoms with van der Waals surface area (Å²) in [4.78, 5) is 0.844. The van der Waals surface area contributed by atoms with Crippen molar-refractivity contribution in [2.24, 2.45) is 18.0 Å². The van der Waals surface area contributed by atoms with Gasteiger partial charge in [0.05, 0.1) is 10.2 Å². The molecule has 0 atom stereocenters. The summed E-state index contributed by atoms with van der Waals surface area (Å²) in [6, 6.07) is 8.14. The fourth-order valence-electron chi connectivity index (χ4n) is 1.20. The lowest BCUT2D eigenvalue weighted by molar-refractivity contribution is 0.888. The van der Waals surface area contributed by atoms with Crippen LogP contribution in [0.25, 0.3) is 10.2 Å². The van der Waals surface area contributed by atoms with Gasteiger partial charge in [-0.05, 0) is 12.1 Å². The summed E-state index contributed by atoms with van der Waals surface area (Å²) in [7, 11) is 1.96. The van der Waals surface area contributed by atoms with Crippen molar-refractivity contribution >= 4 is 46.4 Å². The first-order chi connectivity index (χ1) is 5.83. The number of para-hydroxylation sites is 1. The van der Waals surface area contributed by atoms with Crippen LogP contribution in [-0.4, -0.2) is 4.57 Å². The summed E-state index contributed by atoms with van der Waals surface area (Å²) in [6.07, 6.45) is 0. The summed E-state index contributed by atoms with van der Waals surface area (Å²) in [5.74, 6) is 5.23. The van der Waals surface area contributed by atoms with Gasteiger partial charge in [-0.1, -0.05) is 23.5 Å². The van der Waals surface area contributed by atoms with Crippen LogP contribution in [0, 0.1) is 0 Å². The van der Waals surface area contributed by atoms with Gasteiger partial charge >= 0.3 is 0 Å². The Balaban J connectivity index is 0.000000845. The molecule has 0 spiro atoms. The Kier molecular flexibility index (Phi) is 4.97. The van der Waals surface area contributed by atoms with E-state index in [1.165, 1.54) is 10.2 Å². The quantitative estimate of drug-likeness (QED) is 0.564. The molecule has 6 heteroatoms. The zero-order chi connectivity index (χ0) is 8.55. The first-order valence-electron chi connectivity index (χ1n) is 3.61. The molecule has 0 unspecified atom stereocenters. The molecular formula is C8H11Cl2N3S. The van der Waals surface area contributed by atoms with Gasteiger partial charge in [0.25, 0.3) is 0 Å². The number of benzene rings is 1. The summed E-state index contributed by atoms with van der Waals surface area (Å²) in [5.41, 5.74) is 1.17. The molecule has 1 heterocycles. The van der Waals surface area contributed by atoms with Crippen LogP contribution in [0.1, 0.15) is 0 Å². The van der Waals surface area contributed by atoms with E-state index >= 15 is 0 Å². The third-order valence-electron chi connectivity index (χ3n) is 1.83. The highest BCUT2D eigenvalue weighted by atomic mass is 35.5. The van der Waals surface area contributed by atoms with Gasteiger partial charge < -0.3 is 10.4 Å². The zero-order valence-electron chi connectivity index (χ0n) is 7.51. The summed E-state index contributed by atoms with van der Waals surface area (Å²) in [5, 5.41) is 3.69. The molecule has 0 fully saturated rings. The van der Waals surface area contributed by atoms with E-state index in [0.29, 0.717) is 0 Å². The number of nitrogens with two attached hydrogens (primary N) is 1. The van der Waals surface area contributed by atoms with Crippen molar-refractivity contribution < 1.29 is 0 Å². The molecule has 0 amide bonds. The standard InChI is InChI=1S/C8H9N3S.2ClH/c1-11-6-4-2-3-5-7(6)12-8(11)10-9;;/h2-5H,9H2,1H3;2*1H. The number of halogens is 2. The van der Waals surface area contributed by atoms with E-state index in [-0.39, 0.29) is 24.8 Å². The lowest BCUT2D eigenvalue weighted by atomic mass is 10.3. The second-order valence-corrected chi connectivity index (χ2v) is 3.55. The molecule has 0 radical (unpaired) electrons. The second-order valence-electron chi connectivity index (χ2n) is 2.54. The predicted octanol–water partition coefficient (Wildman–Crippen LogP) is 1.86. The topological polar surface area (TPSA) is 43.3 Å². The molecule has 0 aliphatic carbocycles. The van der Waals surface area contributed by atoms with E-state index in [9.17, 15) is 0 Å². The van der Waals surface area contributed by atoms with E-state index < -0.39 is 0 Å². The lowest BCUT2D eigenvalue weighted by Crippen LogP contribution is -2.11. The van der Waals surface area contributed by atoms with Crippen molar-refractivity contribution in [3.63, 3.8) is 0 Å². The maximum absolute atomic E-state index is 5.23. The number of aromatic nitrogens is 1. The molecule has 0 aliphatic rings. The third kappa shape index (κ3) is 2.03. The highest BCUT2D eigenvalue weighted by Crippen LogP contribution is 2.14. The Morgan fingerprint density at radius 2 is 1.93 bits per heavy atom. The fraction of sp³-hybridized carbons (Fsp3) is 0.125. The molecule has 0 saturated heterocycles. The van der Waals surface area contributed by atoms with Crippen LogP contribution in [0.2, 0.25) is 0 Å². The maximum Gasteiger partial charge on any atom is 0.208 e. The van der Waals surface area contributed by atoms with Crippen molar-refractivity contribution in [2.45, 2.75) is 0 Å². The summed E-state index contributed by atoms with van der Waals surface area (Å²) < 4.78 is 3.20. The molecule has 1 aromatic heterocycles. The number of rotatable bonds is 0. The zero-order valence-corrected chi connectivity index (χ0v) is 9.96. The predicted molar refractivity (Wildman–Crippen MR) is 65.0 cm³/mol. The van der Waals surface area contributed by atoms with Crippen LogP contribution in [0.15, 0.2) is 29.4 Å². The van der Waals surface area contributed by atoms with Gasteiger partial charge in [-0.2, -0.15) is 5.10 Å². The SMILES string of the molecule is Cl.Cl.Cn1c(=NN)sc2ccccc21. The summed E-state index contributed by atoms with van der Waals surface area (Å²) >= 11 is 1.60. The minimum Gasteiger partial charge on any atom is -0.320 e. The molecule has 1 aromatic carbocycles. The Labute approximate surface area is 98.1 Å². The van der Waals surface area contributed by atoms with Crippen molar-refractivity contribution in [3.05, 3.63) is 29.1 Å². The van der Waals surface area contributed by atoms with Crippen molar-refractivity contribution in [1.82, 2.24) is 4.57 Å². The molecule has 2 aromatic rings. The largest absolute Gasteiger partial charge is 0.320 e. The Morgan fingerprint density at radius 1 is 1.29 bits per heavy atom. The highest BCUT2D eigenvalue weighted by Gasteiger charge is 1.99. The fourth-order valence-corrected chi connectivity index (χ4v) is 2.14. The van der Waals surface area contributed by atoms with E-state index in [4.69, 9.17) is 5.84 Å². The van der Waals surface area contributed by atoms with E-state index in [0.717, 1.165) is 4.80 Å². The minimum atomic E-state index is 0. The Morgan fingerprint density at radius 3 is 2.50 bits per heavy atom. The molecule has 14 heavy (non-hydrogen) atoms. The maximum atomic E-state index is 5.23. The molecule has 3 nitrogen and oxygen atoms in total. The van der Waals surface area contributed by atoms with Gasteiger partial charge in [0.1, 0.15) is 0 Å². The molecule has 0 saturated carbocycles. The summed E-state index contributed by atoms with van der Waals surface area (Å²) in [6.45, 7) is 0. The number of thiazole rings is 1. The van der Waals surface area contributed by atoms with Crippen molar-refractivity contribution in [3.8, 4) is 0 Å². The number of fused-ring (bicyclic) bond motifs is 1. The number of aryl methyl sites for hydroxylation is 1. The van der Waals surface area contributed by atoms with Crippen molar-refractivity contribution in [2.75, 3.05) is 0 Å². The van der Waals surface area contributed by atoms with Gasteiger partial charge in [0.2, 0.25) is 4.80 Å². The van der Waals surface area contributed by atoms with E-state index in [2.05, 4.69) is 17.2 Å². The van der Waals surface area contributed by atoms with E-state index in [1.807, 2.05) is 23.7 Å². The van der Waals surface area contributed by atoms with Crippen LogP contribution in [-0.2, 0) is 7.05 Å². The first-order valence-corrected chi connectivity index (χ1v) is 4.43. The first kappa shape index (κ1) is 13.3. The molecule has 2 N–H and O–H groups in total. The molecule has 0 bridgehead atoms.